The van der Waals surface area contributed by atoms with E-state index in [4.69, 9.17) is 0 Å². The van der Waals surface area contributed by atoms with Gasteiger partial charge in [0.2, 0.25) is 5.91 Å². The summed E-state index contributed by atoms with van der Waals surface area (Å²) in [6.07, 6.45) is -6.03. The maximum atomic E-state index is 13.5. The molecule has 3 aromatic heterocycles. The van der Waals surface area contributed by atoms with Crippen molar-refractivity contribution in [2.45, 2.75) is 46.7 Å². The molecule has 12 heteroatoms. The molecule has 184 valence electrons. The van der Waals surface area contributed by atoms with Crippen molar-refractivity contribution in [1.29, 1.82) is 0 Å². The van der Waals surface area contributed by atoms with Crippen molar-refractivity contribution in [1.82, 2.24) is 24.5 Å². The fourth-order valence-electron chi connectivity index (χ4n) is 3.89. The van der Waals surface area contributed by atoms with Crippen molar-refractivity contribution < 1.29 is 22.4 Å². The number of aryl methyl sites for hydroxylation is 2. The molecule has 0 spiro atoms. The molecule has 0 radical (unpaired) electrons. The molecule has 0 atom stereocenters. The van der Waals surface area contributed by atoms with E-state index in [0.29, 0.717) is 18.3 Å². The third-order valence-electron chi connectivity index (χ3n) is 5.52. The predicted molar refractivity (Wildman–Crippen MR) is 126 cm³/mol. The van der Waals surface area contributed by atoms with Gasteiger partial charge in [-0.1, -0.05) is 12.1 Å². The van der Waals surface area contributed by atoms with E-state index in [9.17, 15) is 22.4 Å². The van der Waals surface area contributed by atoms with Gasteiger partial charge in [0, 0.05) is 11.3 Å². The number of benzene rings is 1. The Labute approximate surface area is 206 Å². The van der Waals surface area contributed by atoms with Crippen LogP contribution in [0.1, 0.15) is 46.8 Å². The van der Waals surface area contributed by atoms with Gasteiger partial charge in [-0.15, -0.1) is 0 Å². The van der Waals surface area contributed by atoms with Crippen LogP contribution in [-0.2, 0) is 17.9 Å². The van der Waals surface area contributed by atoms with Crippen LogP contribution in [0.4, 0.5) is 23.2 Å². The van der Waals surface area contributed by atoms with Crippen molar-refractivity contribution in [2.24, 2.45) is 0 Å². The van der Waals surface area contributed by atoms with Gasteiger partial charge in [0.15, 0.2) is 5.65 Å². The summed E-state index contributed by atoms with van der Waals surface area (Å²) in [5, 5.41) is 11.3. The van der Waals surface area contributed by atoms with Crippen molar-refractivity contribution >= 4 is 38.6 Å². The van der Waals surface area contributed by atoms with Gasteiger partial charge in [-0.3, -0.25) is 9.48 Å². The minimum absolute atomic E-state index is 0.0322. The van der Waals surface area contributed by atoms with Gasteiger partial charge in [-0.2, -0.15) is 10.2 Å². The molecule has 7 nitrogen and oxygen atoms in total. The maximum absolute atomic E-state index is 13.5. The predicted octanol–water partition coefficient (Wildman–Crippen LogP) is 5.88. The van der Waals surface area contributed by atoms with Crippen molar-refractivity contribution in [2.75, 3.05) is 5.32 Å². The number of amides is 1. The molecule has 4 aromatic rings. The number of nitrogens with one attached hydrogen (secondary N) is 1. The van der Waals surface area contributed by atoms with Crippen LogP contribution in [0.25, 0.3) is 11.0 Å². The standard InChI is InChI=1S/C23H21BrF4N6O/c1-11-19-16(21(25)26)8-17(22(27)28)30-23(19)34(31-11)10-18(35)29-15-6-4-5-14(7-15)9-33-13(3)20(24)12(2)32-33/h4-8,21-22H,9-10H2,1-3H3,(H,29,35). The molecule has 0 saturated carbocycles. The van der Waals surface area contributed by atoms with Crippen molar-refractivity contribution in [3.8, 4) is 0 Å². The molecule has 1 N–H and O–H groups in total. The quantitative estimate of drug-likeness (QED) is 0.290. The second kappa shape index (κ2) is 9.76. The van der Waals surface area contributed by atoms with Gasteiger partial charge in [0.05, 0.1) is 33.5 Å². The minimum Gasteiger partial charge on any atom is -0.324 e. The summed E-state index contributed by atoms with van der Waals surface area (Å²) < 4.78 is 57.4. The van der Waals surface area contributed by atoms with Gasteiger partial charge >= 0.3 is 0 Å². The van der Waals surface area contributed by atoms with Gasteiger partial charge in [-0.25, -0.2) is 27.2 Å². The normalized spacial score (nSPS) is 11.7. The molecule has 1 amide bonds. The van der Waals surface area contributed by atoms with Crippen LogP contribution < -0.4 is 5.32 Å². The van der Waals surface area contributed by atoms with Gasteiger partial charge in [0.25, 0.3) is 12.9 Å². The van der Waals surface area contributed by atoms with Crippen LogP contribution in [0.2, 0.25) is 0 Å². The number of hydrogen-bond acceptors (Lipinski definition) is 4. The zero-order valence-corrected chi connectivity index (χ0v) is 20.6. The molecule has 0 aliphatic rings. The molecule has 0 aliphatic carbocycles. The highest BCUT2D eigenvalue weighted by Gasteiger charge is 2.24. The number of carbonyl (C=O) groups excluding carboxylic acids is 1. The maximum Gasteiger partial charge on any atom is 0.280 e. The average molecular weight is 553 g/mol. The van der Waals surface area contributed by atoms with Crippen LogP contribution in [0.5, 0.6) is 0 Å². The molecular formula is C23H21BrF4N6O. The Morgan fingerprint density at radius 2 is 1.74 bits per heavy atom. The zero-order chi connectivity index (χ0) is 25.4. The average Bonchev–Trinajstić information content (AvgIpc) is 3.23. The second-order valence-corrected chi connectivity index (χ2v) is 8.86. The molecule has 0 unspecified atom stereocenters. The van der Waals surface area contributed by atoms with Crippen LogP contribution >= 0.6 is 15.9 Å². The molecule has 0 fully saturated rings. The lowest BCUT2D eigenvalue weighted by atomic mass is 10.1. The van der Waals surface area contributed by atoms with Crippen LogP contribution in [0.3, 0.4) is 0 Å². The number of carbonyl (C=O) groups is 1. The number of pyridine rings is 1. The lowest BCUT2D eigenvalue weighted by molar-refractivity contribution is -0.116. The van der Waals surface area contributed by atoms with Gasteiger partial charge < -0.3 is 5.32 Å². The van der Waals surface area contributed by atoms with E-state index in [-0.39, 0.29) is 23.3 Å². The lowest BCUT2D eigenvalue weighted by Gasteiger charge is -2.10. The van der Waals surface area contributed by atoms with Crippen molar-refractivity contribution in [3.05, 3.63) is 68.7 Å². The summed E-state index contributed by atoms with van der Waals surface area (Å²) >= 11 is 3.50. The first-order valence-electron chi connectivity index (χ1n) is 10.6. The number of halogens is 5. The first kappa shape index (κ1) is 24.8. The summed E-state index contributed by atoms with van der Waals surface area (Å²) in [6, 6.07) is 7.85. The second-order valence-electron chi connectivity index (χ2n) is 8.07. The number of nitrogens with zero attached hydrogens (tertiary/aromatic N) is 5. The first-order valence-corrected chi connectivity index (χ1v) is 11.4. The Balaban J connectivity index is 1.56. The Kier molecular flexibility index (Phi) is 6.93. The zero-order valence-electron chi connectivity index (χ0n) is 19.0. The van der Waals surface area contributed by atoms with E-state index in [1.54, 1.807) is 18.2 Å². The molecule has 0 aliphatic heterocycles. The number of anilines is 1. The number of fused-ring (bicyclic) bond motifs is 1. The van der Waals surface area contributed by atoms with E-state index >= 15 is 0 Å². The van der Waals surface area contributed by atoms with Crippen LogP contribution in [0.15, 0.2) is 34.8 Å². The van der Waals surface area contributed by atoms with Gasteiger partial charge in [-0.05, 0) is 60.5 Å². The number of rotatable bonds is 7. The van der Waals surface area contributed by atoms with Crippen LogP contribution in [-0.4, -0.2) is 30.5 Å². The molecule has 3 heterocycles. The third-order valence-corrected chi connectivity index (χ3v) is 6.66. The Morgan fingerprint density at radius 3 is 2.37 bits per heavy atom. The summed E-state index contributed by atoms with van der Waals surface area (Å²) in [4.78, 5) is 16.5. The SMILES string of the molecule is Cc1nn(Cc2cccc(NC(=O)Cn3nc(C)c4c(C(F)F)cc(C(F)F)nc43)c2)c(C)c1Br. The monoisotopic (exact) mass is 552 g/mol. The van der Waals surface area contributed by atoms with E-state index in [1.807, 2.05) is 24.6 Å². The highest BCUT2D eigenvalue weighted by molar-refractivity contribution is 9.10. The van der Waals surface area contributed by atoms with E-state index in [2.05, 4.69) is 36.4 Å². The van der Waals surface area contributed by atoms with Crippen molar-refractivity contribution in [3.63, 3.8) is 0 Å². The molecule has 1 aromatic carbocycles. The molecule has 35 heavy (non-hydrogen) atoms. The van der Waals surface area contributed by atoms with E-state index in [1.165, 1.54) is 6.92 Å². The van der Waals surface area contributed by atoms with E-state index < -0.39 is 30.0 Å². The van der Waals surface area contributed by atoms with Gasteiger partial charge in [0.1, 0.15) is 12.2 Å². The first-order chi connectivity index (χ1) is 16.5. The van der Waals surface area contributed by atoms with Crippen LogP contribution in [0, 0.1) is 20.8 Å². The molecule has 0 saturated heterocycles. The largest absolute Gasteiger partial charge is 0.324 e. The smallest absolute Gasteiger partial charge is 0.280 e. The summed E-state index contributed by atoms with van der Waals surface area (Å²) in [5.41, 5.74) is 1.85. The highest BCUT2D eigenvalue weighted by Crippen LogP contribution is 2.32. The topological polar surface area (TPSA) is 77.6 Å². The Morgan fingerprint density at radius 1 is 1.03 bits per heavy atom. The Bertz CT molecular complexity index is 1420. The highest BCUT2D eigenvalue weighted by atomic mass is 79.9. The fraction of sp³-hybridized carbons (Fsp3) is 0.304. The Hall–Kier alpha value is -3.28. The molecular weight excluding hydrogens is 532 g/mol. The fourth-order valence-corrected chi connectivity index (χ4v) is 4.17. The summed E-state index contributed by atoms with van der Waals surface area (Å²) in [6.45, 7) is 5.41. The molecule has 0 bridgehead atoms. The summed E-state index contributed by atoms with van der Waals surface area (Å²) in [7, 11) is 0. The number of alkyl halides is 4. The minimum atomic E-state index is -3.04. The third kappa shape index (κ3) is 5.07. The van der Waals surface area contributed by atoms with E-state index in [0.717, 1.165) is 26.1 Å². The summed E-state index contributed by atoms with van der Waals surface area (Å²) in [5.74, 6) is -0.511. The number of hydrogen-bond donors (Lipinski definition) is 1. The number of aromatic nitrogens is 5. The molecule has 4 rings (SSSR count). The lowest BCUT2D eigenvalue weighted by Crippen LogP contribution is -2.20.